The Morgan fingerprint density at radius 3 is 2.17 bits per heavy atom. The van der Waals surface area contributed by atoms with Crippen molar-refractivity contribution in [3.05, 3.63) is 59.9 Å². The molecule has 30 heavy (non-hydrogen) atoms. The minimum atomic E-state index is -4.02. The van der Waals surface area contributed by atoms with Gasteiger partial charge in [-0.15, -0.1) is 0 Å². The molecule has 5 nitrogen and oxygen atoms in total. The average molecular weight is 431 g/mol. The van der Waals surface area contributed by atoms with E-state index in [2.05, 4.69) is 10.0 Å². The molecule has 1 amide bonds. The second-order valence-electron chi connectivity index (χ2n) is 8.36. The maximum Gasteiger partial charge on any atom is 0.264 e. The summed E-state index contributed by atoms with van der Waals surface area (Å²) >= 11 is 0. The summed E-state index contributed by atoms with van der Waals surface area (Å²) in [6.45, 7) is 0. The van der Waals surface area contributed by atoms with Crippen LogP contribution in [0, 0.1) is 5.82 Å². The van der Waals surface area contributed by atoms with E-state index >= 15 is 0 Å². The van der Waals surface area contributed by atoms with Gasteiger partial charge in [0.2, 0.25) is 5.91 Å². The van der Waals surface area contributed by atoms with E-state index in [-0.39, 0.29) is 11.9 Å². The van der Waals surface area contributed by atoms with E-state index in [0.29, 0.717) is 5.69 Å². The van der Waals surface area contributed by atoms with E-state index in [0.717, 1.165) is 50.2 Å². The smallest absolute Gasteiger partial charge is 0.264 e. The van der Waals surface area contributed by atoms with Crippen LogP contribution >= 0.6 is 0 Å². The highest BCUT2D eigenvalue weighted by Crippen LogP contribution is 2.48. The van der Waals surface area contributed by atoms with Gasteiger partial charge in [0, 0.05) is 11.7 Å². The van der Waals surface area contributed by atoms with Gasteiger partial charge >= 0.3 is 0 Å². The van der Waals surface area contributed by atoms with Crippen molar-refractivity contribution < 1.29 is 17.6 Å². The normalized spacial score (nSPS) is 19.0. The van der Waals surface area contributed by atoms with E-state index in [9.17, 15) is 17.6 Å². The van der Waals surface area contributed by atoms with Crippen molar-refractivity contribution in [2.45, 2.75) is 67.7 Å². The molecular formula is C23H27FN2O3S. The third-order valence-electron chi connectivity index (χ3n) is 6.19. The molecule has 2 fully saturated rings. The van der Waals surface area contributed by atoms with Crippen LogP contribution < -0.4 is 10.0 Å². The van der Waals surface area contributed by atoms with Crippen molar-refractivity contribution >= 4 is 21.6 Å². The number of rotatable bonds is 6. The van der Waals surface area contributed by atoms with Gasteiger partial charge in [-0.3, -0.25) is 9.52 Å². The Bertz CT molecular complexity index is 1010. The minimum absolute atomic E-state index is 0.0779. The van der Waals surface area contributed by atoms with Crippen LogP contribution in [0.2, 0.25) is 0 Å². The number of sulfonamides is 1. The minimum Gasteiger partial charge on any atom is -0.353 e. The molecule has 0 aromatic heterocycles. The lowest BCUT2D eigenvalue weighted by Crippen LogP contribution is -2.41. The molecule has 0 heterocycles. The number of hydrogen-bond donors (Lipinski definition) is 2. The summed E-state index contributed by atoms with van der Waals surface area (Å²) in [7, 11) is -4.02. The van der Waals surface area contributed by atoms with E-state index in [4.69, 9.17) is 0 Å². The molecule has 2 aromatic rings. The summed E-state index contributed by atoms with van der Waals surface area (Å²) in [4.78, 5) is 12.6. The number of benzene rings is 2. The zero-order chi connectivity index (χ0) is 21.2. The Hall–Kier alpha value is -2.41. The Morgan fingerprint density at radius 2 is 1.57 bits per heavy atom. The Kier molecular flexibility index (Phi) is 5.82. The summed E-state index contributed by atoms with van der Waals surface area (Å²) in [5, 5.41) is 3.25. The van der Waals surface area contributed by atoms with Crippen LogP contribution in [0.5, 0.6) is 0 Å². The number of amides is 1. The number of hydrogen-bond acceptors (Lipinski definition) is 3. The fraction of sp³-hybridized carbons (Fsp3) is 0.435. The van der Waals surface area contributed by atoms with Crippen molar-refractivity contribution in [1.29, 1.82) is 0 Å². The van der Waals surface area contributed by atoms with Gasteiger partial charge in [-0.1, -0.05) is 49.9 Å². The SMILES string of the molecule is O=C(NC1CCCCCC1)C1(c2ccc(NS(=O)(=O)c3ccccc3F)cc2)CC1. The second-order valence-corrected chi connectivity index (χ2v) is 10.0. The molecule has 4 rings (SSSR count). The van der Waals surface area contributed by atoms with Gasteiger partial charge in [0.1, 0.15) is 10.7 Å². The fourth-order valence-electron chi connectivity index (χ4n) is 4.25. The zero-order valence-corrected chi connectivity index (χ0v) is 17.7. The van der Waals surface area contributed by atoms with Crippen LogP contribution in [0.1, 0.15) is 56.9 Å². The summed E-state index contributed by atoms with van der Waals surface area (Å²) in [5.41, 5.74) is 0.722. The first-order valence-electron chi connectivity index (χ1n) is 10.6. The molecule has 2 aliphatic rings. The van der Waals surface area contributed by atoms with Crippen LogP contribution in [-0.2, 0) is 20.2 Å². The predicted octanol–water partition coefficient (Wildman–Crippen LogP) is 4.50. The monoisotopic (exact) mass is 430 g/mol. The maximum atomic E-state index is 13.9. The van der Waals surface area contributed by atoms with Gasteiger partial charge in [0.25, 0.3) is 10.0 Å². The van der Waals surface area contributed by atoms with Crippen molar-refractivity contribution in [2.75, 3.05) is 4.72 Å². The van der Waals surface area contributed by atoms with Crippen LogP contribution in [0.15, 0.2) is 53.4 Å². The topological polar surface area (TPSA) is 75.3 Å². The predicted molar refractivity (Wildman–Crippen MR) is 114 cm³/mol. The van der Waals surface area contributed by atoms with Gasteiger partial charge in [-0.2, -0.15) is 0 Å². The van der Waals surface area contributed by atoms with Crippen molar-refractivity contribution in [3.8, 4) is 0 Å². The summed E-state index contributed by atoms with van der Waals surface area (Å²) in [6, 6.07) is 12.4. The fourth-order valence-corrected chi connectivity index (χ4v) is 5.39. The number of carbonyl (C=O) groups excluding carboxylic acids is 1. The lowest BCUT2D eigenvalue weighted by Gasteiger charge is -2.22. The van der Waals surface area contributed by atoms with Gasteiger partial charge in [-0.05, 0) is 55.5 Å². The zero-order valence-electron chi connectivity index (χ0n) is 16.9. The third-order valence-corrected chi connectivity index (χ3v) is 7.61. The molecule has 2 aromatic carbocycles. The Morgan fingerprint density at radius 1 is 0.933 bits per heavy atom. The molecule has 2 N–H and O–H groups in total. The molecule has 0 bridgehead atoms. The largest absolute Gasteiger partial charge is 0.353 e. The highest BCUT2D eigenvalue weighted by atomic mass is 32.2. The first-order chi connectivity index (χ1) is 14.4. The van der Waals surface area contributed by atoms with Crippen LogP contribution in [0.25, 0.3) is 0 Å². The highest BCUT2D eigenvalue weighted by Gasteiger charge is 2.51. The molecule has 2 saturated carbocycles. The van der Waals surface area contributed by atoms with Crippen molar-refractivity contribution in [3.63, 3.8) is 0 Å². The van der Waals surface area contributed by atoms with E-state index in [1.165, 1.54) is 31.0 Å². The Balaban J connectivity index is 1.45. The summed E-state index contributed by atoms with van der Waals surface area (Å²) in [6.07, 6.45) is 8.47. The average Bonchev–Trinajstić information content (AvgIpc) is 3.54. The van der Waals surface area contributed by atoms with E-state index in [1.807, 2.05) is 0 Å². The molecule has 7 heteroatoms. The van der Waals surface area contributed by atoms with Crippen LogP contribution in [0.4, 0.5) is 10.1 Å². The van der Waals surface area contributed by atoms with Gasteiger partial charge in [0.05, 0.1) is 5.41 Å². The molecule has 0 aliphatic heterocycles. The second kappa shape index (κ2) is 8.38. The maximum absolute atomic E-state index is 13.9. The molecule has 160 valence electrons. The van der Waals surface area contributed by atoms with Crippen LogP contribution in [0.3, 0.4) is 0 Å². The lowest BCUT2D eigenvalue weighted by molar-refractivity contribution is -0.124. The molecule has 0 spiro atoms. The number of nitrogens with one attached hydrogen (secondary N) is 2. The van der Waals surface area contributed by atoms with Gasteiger partial charge in [-0.25, -0.2) is 12.8 Å². The molecule has 0 saturated heterocycles. The molecule has 0 atom stereocenters. The molecule has 0 unspecified atom stereocenters. The van der Waals surface area contributed by atoms with Crippen LogP contribution in [-0.4, -0.2) is 20.4 Å². The highest BCUT2D eigenvalue weighted by molar-refractivity contribution is 7.92. The quantitative estimate of drug-likeness (QED) is 0.663. The van der Waals surface area contributed by atoms with E-state index in [1.54, 1.807) is 24.3 Å². The molecule has 0 radical (unpaired) electrons. The lowest BCUT2D eigenvalue weighted by atomic mass is 9.94. The summed E-state index contributed by atoms with van der Waals surface area (Å²) < 4.78 is 41.2. The van der Waals surface area contributed by atoms with Crippen molar-refractivity contribution in [2.24, 2.45) is 0 Å². The first-order valence-corrected chi connectivity index (χ1v) is 12.1. The number of anilines is 1. The van der Waals surface area contributed by atoms with E-state index < -0.39 is 26.2 Å². The Labute approximate surface area is 177 Å². The van der Waals surface area contributed by atoms with Gasteiger partial charge in [0.15, 0.2) is 0 Å². The standard InChI is InChI=1S/C23H27FN2O3S/c24-20-9-5-6-10-21(20)30(28,29)26-19-13-11-17(12-14-19)23(15-16-23)22(27)25-18-7-3-1-2-4-8-18/h5-6,9-14,18,26H,1-4,7-8,15-16H2,(H,25,27). The van der Waals surface area contributed by atoms with Crippen molar-refractivity contribution in [1.82, 2.24) is 5.32 Å². The molecular weight excluding hydrogens is 403 g/mol. The summed E-state index contributed by atoms with van der Waals surface area (Å²) in [5.74, 6) is -0.720. The first kappa shape index (κ1) is 20.8. The third kappa shape index (κ3) is 4.36. The number of halogens is 1. The molecule has 2 aliphatic carbocycles. The van der Waals surface area contributed by atoms with Gasteiger partial charge < -0.3 is 5.32 Å². The number of carbonyl (C=O) groups is 1.